The van der Waals surface area contributed by atoms with Crippen LogP contribution in [0.4, 0.5) is 0 Å². The molecule has 0 aliphatic carbocycles. The first-order valence-corrected chi connectivity index (χ1v) is 6.80. The van der Waals surface area contributed by atoms with Crippen LogP contribution < -0.4 is 14.8 Å². The van der Waals surface area contributed by atoms with Crippen LogP contribution >= 0.6 is 0 Å². The highest BCUT2D eigenvalue weighted by Crippen LogP contribution is 2.17. The molecule has 0 fully saturated rings. The Balaban J connectivity index is 2.82. The third kappa shape index (κ3) is 5.03. The molecule has 1 unspecified atom stereocenters. The fourth-order valence-electron chi connectivity index (χ4n) is 1.82. The lowest BCUT2D eigenvalue weighted by Crippen LogP contribution is -2.36. The summed E-state index contributed by atoms with van der Waals surface area (Å²) in [4.78, 5) is 8.75. The largest absolute Gasteiger partial charge is 0.481 e. The van der Waals surface area contributed by atoms with Gasteiger partial charge >= 0.3 is 0 Å². The van der Waals surface area contributed by atoms with Crippen molar-refractivity contribution in [3.8, 4) is 11.8 Å². The number of hydrogen-bond donors (Lipinski definition) is 1. The summed E-state index contributed by atoms with van der Waals surface area (Å²) in [7, 11) is 3.20. The van der Waals surface area contributed by atoms with Crippen LogP contribution in [0.2, 0.25) is 0 Å². The predicted octanol–water partition coefficient (Wildman–Crippen LogP) is 2.06. The van der Waals surface area contributed by atoms with Gasteiger partial charge in [-0.1, -0.05) is 20.8 Å². The average molecular weight is 267 g/mol. The number of nitrogens with zero attached hydrogens (tertiary/aromatic N) is 2. The van der Waals surface area contributed by atoms with Gasteiger partial charge in [-0.15, -0.1) is 0 Å². The number of aromatic nitrogens is 2. The van der Waals surface area contributed by atoms with Crippen molar-refractivity contribution in [2.24, 2.45) is 5.92 Å². The molecule has 19 heavy (non-hydrogen) atoms. The molecular formula is C14H25N3O2. The molecule has 5 nitrogen and oxygen atoms in total. The molecule has 1 rings (SSSR count). The fourth-order valence-corrected chi connectivity index (χ4v) is 1.82. The molecule has 1 heterocycles. The zero-order valence-corrected chi connectivity index (χ0v) is 12.6. The van der Waals surface area contributed by atoms with E-state index in [2.05, 4.69) is 36.1 Å². The maximum absolute atomic E-state index is 5.17. The quantitative estimate of drug-likeness (QED) is 0.781. The predicted molar refractivity (Wildman–Crippen MR) is 75.8 cm³/mol. The summed E-state index contributed by atoms with van der Waals surface area (Å²) in [6.45, 7) is 7.56. The van der Waals surface area contributed by atoms with E-state index in [9.17, 15) is 0 Å². The highest BCUT2D eigenvalue weighted by molar-refractivity contribution is 5.21. The Morgan fingerprint density at radius 1 is 1.16 bits per heavy atom. The Morgan fingerprint density at radius 2 is 1.74 bits per heavy atom. The Hall–Kier alpha value is -1.36. The Bertz CT molecular complexity index is 361. The molecule has 0 aliphatic rings. The van der Waals surface area contributed by atoms with E-state index >= 15 is 0 Å². The van der Waals surface area contributed by atoms with Gasteiger partial charge in [-0.25, -0.2) is 0 Å². The van der Waals surface area contributed by atoms with Crippen molar-refractivity contribution in [2.75, 3.05) is 20.8 Å². The maximum Gasteiger partial charge on any atom is 0.220 e. The van der Waals surface area contributed by atoms with Gasteiger partial charge in [0.05, 0.1) is 20.3 Å². The molecule has 0 saturated carbocycles. The van der Waals surface area contributed by atoms with Crippen molar-refractivity contribution in [1.29, 1.82) is 0 Å². The van der Waals surface area contributed by atoms with Gasteiger partial charge < -0.3 is 14.8 Å². The van der Waals surface area contributed by atoms with Crippen LogP contribution in [-0.4, -0.2) is 36.8 Å². The smallest absolute Gasteiger partial charge is 0.220 e. The summed E-state index contributed by atoms with van der Waals surface area (Å²) in [6, 6.07) is 2.05. The molecule has 5 heteroatoms. The second-order valence-electron chi connectivity index (χ2n) is 4.88. The summed E-state index contributed by atoms with van der Waals surface area (Å²) in [5, 5.41) is 3.53. The van der Waals surface area contributed by atoms with Crippen molar-refractivity contribution >= 4 is 0 Å². The van der Waals surface area contributed by atoms with Crippen LogP contribution in [0.1, 0.15) is 33.0 Å². The van der Waals surface area contributed by atoms with Crippen LogP contribution in [0.15, 0.2) is 6.07 Å². The normalized spacial score (nSPS) is 12.5. The van der Waals surface area contributed by atoms with Gasteiger partial charge in [-0.3, -0.25) is 0 Å². The van der Waals surface area contributed by atoms with Gasteiger partial charge in [-0.2, -0.15) is 9.97 Å². The molecule has 0 radical (unpaired) electrons. The third-order valence-electron chi connectivity index (χ3n) is 3.01. The molecule has 1 aromatic heterocycles. The molecule has 0 saturated heterocycles. The van der Waals surface area contributed by atoms with E-state index in [1.807, 2.05) is 0 Å². The number of nitrogens with one attached hydrogen (secondary N) is 1. The van der Waals surface area contributed by atoms with Crippen molar-refractivity contribution in [1.82, 2.24) is 15.3 Å². The van der Waals surface area contributed by atoms with E-state index in [0.717, 1.165) is 25.2 Å². The summed E-state index contributed by atoms with van der Waals surface area (Å²) in [5.74, 6) is 2.35. The monoisotopic (exact) mass is 267 g/mol. The standard InChI is InChI=1S/C14H25N3O2/c1-6-7-15-11(10(2)3)8-12-16-13(18-4)9-14(17-12)19-5/h9-11,15H,6-8H2,1-5H3. The summed E-state index contributed by atoms with van der Waals surface area (Å²) >= 11 is 0. The highest BCUT2D eigenvalue weighted by atomic mass is 16.5. The number of methoxy groups -OCH3 is 2. The second-order valence-corrected chi connectivity index (χ2v) is 4.88. The lowest BCUT2D eigenvalue weighted by atomic mass is 10.0. The summed E-state index contributed by atoms with van der Waals surface area (Å²) in [6.07, 6.45) is 1.89. The first kappa shape index (κ1) is 15.7. The number of ether oxygens (including phenoxy) is 2. The molecule has 0 aromatic carbocycles. The Labute approximate surface area is 115 Å². The van der Waals surface area contributed by atoms with E-state index in [0.29, 0.717) is 23.7 Å². The first-order chi connectivity index (χ1) is 9.10. The van der Waals surface area contributed by atoms with Gasteiger partial charge in [-0.05, 0) is 18.9 Å². The lowest BCUT2D eigenvalue weighted by molar-refractivity contribution is 0.357. The molecular weight excluding hydrogens is 242 g/mol. The van der Waals surface area contributed by atoms with Gasteiger partial charge in [0.1, 0.15) is 5.82 Å². The van der Waals surface area contributed by atoms with Gasteiger partial charge in [0.15, 0.2) is 0 Å². The van der Waals surface area contributed by atoms with E-state index in [-0.39, 0.29) is 0 Å². The SMILES string of the molecule is CCCNC(Cc1nc(OC)cc(OC)n1)C(C)C. The lowest BCUT2D eigenvalue weighted by Gasteiger charge is -2.21. The van der Waals surface area contributed by atoms with Crippen LogP contribution in [0.5, 0.6) is 11.8 Å². The third-order valence-corrected chi connectivity index (χ3v) is 3.01. The molecule has 1 N–H and O–H groups in total. The number of rotatable bonds is 8. The molecule has 108 valence electrons. The topological polar surface area (TPSA) is 56.3 Å². The van der Waals surface area contributed by atoms with Crippen molar-refractivity contribution in [3.63, 3.8) is 0 Å². The van der Waals surface area contributed by atoms with Crippen LogP contribution in [-0.2, 0) is 6.42 Å². The summed E-state index contributed by atoms with van der Waals surface area (Å²) < 4.78 is 10.3. The minimum absolute atomic E-state index is 0.358. The highest BCUT2D eigenvalue weighted by Gasteiger charge is 2.16. The van der Waals surface area contributed by atoms with Gasteiger partial charge in [0.2, 0.25) is 11.8 Å². The maximum atomic E-state index is 5.17. The second kappa shape index (κ2) is 7.94. The molecule has 0 aliphatic heterocycles. The van der Waals surface area contributed by atoms with Gasteiger partial charge in [0.25, 0.3) is 0 Å². The van der Waals surface area contributed by atoms with Crippen LogP contribution in [0.3, 0.4) is 0 Å². The Morgan fingerprint density at radius 3 is 2.16 bits per heavy atom. The van der Waals surface area contributed by atoms with Crippen molar-refractivity contribution in [2.45, 2.75) is 39.7 Å². The van der Waals surface area contributed by atoms with E-state index in [1.165, 1.54) is 0 Å². The fraction of sp³-hybridized carbons (Fsp3) is 0.714. The molecule has 1 atom stereocenters. The Kier molecular flexibility index (Phi) is 6.56. The molecule has 1 aromatic rings. The van der Waals surface area contributed by atoms with Crippen molar-refractivity contribution in [3.05, 3.63) is 11.9 Å². The molecule has 0 bridgehead atoms. The molecule has 0 spiro atoms. The van der Waals surface area contributed by atoms with Crippen LogP contribution in [0, 0.1) is 5.92 Å². The van der Waals surface area contributed by atoms with Crippen LogP contribution in [0.25, 0.3) is 0 Å². The van der Waals surface area contributed by atoms with E-state index < -0.39 is 0 Å². The van der Waals surface area contributed by atoms with E-state index in [1.54, 1.807) is 20.3 Å². The average Bonchev–Trinajstić information content (AvgIpc) is 2.42. The zero-order valence-electron chi connectivity index (χ0n) is 12.6. The van der Waals surface area contributed by atoms with Gasteiger partial charge in [0, 0.05) is 12.5 Å². The minimum Gasteiger partial charge on any atom is -0.481 e. The first-order valence-electron chi connectivity index (χ1n) is 6.80. The number of hydrogen-bond acceptors (Lipinski definition) is 5. The summed E-state index contributed by atoms with van der Waals surface area (Å²) in [5.41, 5.74) is 0. The minimum atomic E-state index is 0.358. The van der Waals surface area contributed by atoms with Crippen molar-refractivity contribution < 1.29 is 9.47 Å². The van der Waals surface area contributed by atoms with E-state index in [4.69, 9.17) is 9.47 Å². The molecule has 0 amide bonds. The zero-order chi connectivity index (χ0) is 14.3.